The fraction of sp³-hybridized carbons (Fsp3) is 0.278. The number of rotatable bonds is 2. The molecule has 25 heavy (non-hydrogen) atoms. The Bertz CT molecular complexity index is 850. The van der Waals surface area contributed by atoms with Crippen LogP contribution in [0.5, 0.6) is 0 Å². The number of para-hydroxylation sites is 1. The molecule has 0 radical (unpaired) electrons. The third-order valence-corrected chi connectivity index (χ3v) is 4.12. The van der Waals surface area contributed by atoms with Crippen molar-refractivity contribution in [1.82, 2.24) is 4.90 Å². The van der Waals surface area contributed by atoms with Crippen LogP contribution in [0.2, 0.25) is 0 Å². The molecule has 1 fully saturated rings. The average Bonchev–Trinajstić information content (AvgIpc) is 3.11. The highest BCUT2D eigenvalue weighted by molar-refractivity contribution is 6.25. The molecule has 1 aromatic rings. The van der Waals surface area contributed by atoms with Gasteiger partial charge in [-0.15, -0.1) is 0 Å². The highest BCUT2D eigenvalue weighted by atomic mass is 16.5. The van der Waals surface area contributed by atoms with Crippen molar-refractivity contribution >= 4 is 17.4 Å². The lowest BCUT2D eigenvalue weighted by Crippen LogP contribution is -2.26. The number of likely N-dealkylation sites (N-methyl/N-ethyl adjacent to an activating group) is 1. The zero-order valence-corrected chi connectivity index (χ0v) is 13.9. The van der Waals surface area contributed by atoms with E-state index in [1.165, 1.54) is 17.9 Å². The maximum absolute atomic E-state index is 12.7. The second kappa shape index (κ2) is 6.42. The highest BCUT2D eigenvalue weighted by Crippen LogP contribution is 2.35. The van der Waals surface area contributed by atoms with Crippen molar-refractivity contribution in [1.29, 1.82) is 5.26 Å². The first-order valence-corrected chi connectivity index (χ1v) is 7.77. The van der Waals surface area contributed by atoms with E-state index in [1.807, 2.05) is 6.07 Å². The summed E-state index contributed by atoms with van der Waals surface area (Å²) in [6.07, 6.45) is 0.942. The molecule has 128 valence electrons. The Morgan fingerprint density at radius 1 is 1.48 bits per heavy atom. The number of fused-ring (bicyclic) bond motifs is 1. The molecule has 2 heterocycles. The Morgan fingerprint density at radius 3 is 2.80 bits per heavy atom. The van der Waals surface area contributed by atoms with E-state index in [1.54, 1.807) is 36.2 Å². The maximum Gasteiger partial charge on any atom is 0.228 e. The summed E-state index contributed by atoms with van der Waals surface area (Å²) >= 11 is 0. The lowest BCUT2D eigenvalue weighted by atomic mass is 10.1. The van der Waals surface area contributed by atoms with Crippen LogP contribution in [0.25, 0.3) is 0 Å². The van der Waals surface area contributed by atoms with Crippen molar-refractivity contribution in [2.45, 2.75) is 13.0 Å². The average molecular weight is 339 g/mol. The lowest BCUT2D eigenvalue weighted by Gasteiger charge is -2.16. The van der Waals surface area contributed by atoms with Crippen LogP contribution >= 0.6 is 0 Å². The van der Waals surface area contributed by atoms with Crippen molar-refractivity contribution in [2.75, 3.05) is 25.1 Å². The number of carbonyl (C=O) groups is 2. The van der Waals surface area contributed by atoms with Crippen LogP contribution in [-0.2, 0) is 9.53 Å². The first-order chi connectivity index (χ1) is 12.0. The molecule has 7 heteroatoms. The molecular weight excluding hydrogens is 322 g/mol. The summed E-state index contributed by atoms with van der Waals surface area (Å²) in [6, 6.07) is 8.82. The Hall–Kier alpha value is -3.11. The Kier molecular flexibility index (Phi) is 4.30. The topological polar surface area (TPSA) is 93.9 Å². The van der Waals surface area contributed by atoms with Gasteiger partial charge in [0.2, 0.25) is 17.6 Å². The number of ether oxygens (including phenoxy) is 1. The molecule has 0 spiro atoms. The molecule has 0 aliphatic carbocycles. The van der Waals surface area contributed by atoms with Gasteiger partial charge in [-0.3, -0.25) is 14.5 Å². The van der Waals surface area contributed by atoms with Gasteiger partial charge < -0.3 is 14.7 Å². The predicted molar refractivity (Wildman–Crippen MR) is 89.2 cm³/mol. The Balaban J connectivity index is 2.10. The van der Waals surface area contributed by atoms with Crippen molar-refractivity contribution < 1.29 is 19.4 Å². The monoisotopic (exact) mass is 339 g/mol. The van der Waals surface area contributed by atoms with E-state index < -0.39 is 6.10 Å². The number of ketones is 1. The molecule has 2 aliphatic heterocycles. The number of amides is 1. The molecule has 2 aliphatic rings. The van der Waals surface area contributed by atoms with Gasteiger partial charge in [-0.1, -0.05) is 12.1 Å². The number of aliphatic hydroxyl groups excluding tert-OH is 1. The number of nitriles is 1. The van der Waals surface area contributed by atoms with Crippen LogP contribution in [0.1, 0.15) is 17.3 Å². The minimum absolute atomic E-state index is 0.113. The second-order valence-electron chi connectivity index (χ2n) is 5.86. The SMILES string of the molecule is CC(=O)N1/C(=C/C(C#N)=C2/OC(CO)CN2C)C(=O)c2ccccc21. The molecular formula is C18H17N3O4. The van der Waals surface area contributed by atoms with Gasteiger partial charge in [0.05, 0.1) is 24.5 Å². The molecule has 3 rings (SSSR count). The van der Waals surface area contributed by atoms with Crippen LogP contribution in [0.4, 0.5) is 5.69 Å². The standard InChI is InChI=1S/C18H17N3O4/c1-11(23)21-15-6-4-3-5-14(15)17(24)16(21)7-12(8-19)18-20(2)9-13(10-22)25-18/h3-7,13,22H,9-10H2,1-2H3/b16-7+,18-12-. The molecule has 0 saturated carbocycles. The maximum atomic E-state index is 12.7. The van der Waals surface area contributed by atoms with Crippen LogP contribution in [0.15, 0.2) is 47.5 Å². The number of hydrogen-bond acceptors (Lipinski definition) is 6. The fourth-order valence-corrected chi connectivity index (χ4v) is 3.02. The van der Waals surface area contributed by atoms with Gasteiger partial charge in [-0.05, 0) is 18.2 Å². The number of nitrogens with zero attached hydrogens (tertiary/aromatic N) is 3. The summed E-state index contributed by atoms with van der Waals surface area (Å²) in [4.78, 5) is 27.8. The van der Waals surface area contributed by atoms with Crippen LogP contribution in [-0.4, -0.2) is 48.0 Å². The molecule has 0 aromatic heterocycles. The lowest BCUT2D eigenvalue weighted by molar-refractivity contribution is -0.116. The van der Waals surface area contributed by atoms with Gasteiger partial charge in [-0.25, -0.2) is 0 Å². The van der Waals surface area contributed by atoms with Crippen molar-refractivity contribution in [3.63, 3.8) is 0 Å². The van der Waals surface area contributed by atoms with E-state index in [4.69, 9.17) is 4.74 Å². The summed E-state index contributed by atoms with van der Waals surface area (Å²) in [5.41, 5.74) is 1.16. The molecule has 1 aromatic carbocycles. The number of allylic oxidation sites excluding steroid dienone is 3. The predicted octanol–water partition coefficient (Wildman–Crippen LogP) is 1.18. The molecule has 1 unspecified atom stereocenters. The molecule has 1 atom stereocenters. The number of aliphatic hydroxyl groups is 1. The van der Waals surface area contributed by atoms with Gasteiger partial charge >= 0.3 is 0 Å². The summed E-state index contributed by atoms with van der Waals surface area (Å²) < 4.78 is 5.57. The van der Waals surface area contributed by atoms with Crippen molar-refractivity contribution in [3.05, 3.63) is 53.1 Å². The molecule has 1 amide bonds. The zero-order valence-electron chi connectivity index (χ0n) is 13.9. The largest absolute Gasteiger partial charge is 0.470 e. The van der Waals surface area contributed by atoms with E-state index in [0.717, 1.165) is 0 Å². The second-order valence-corrected chi connectivity index (χ2v) is 5.86. The first-order valence-electron chi connectivity index (χ1n) is 7.77. The molecule has 0 bridgehead atoms. The van der Waals surface area contributed by atoms with Crippen molar-refractivity contribution in [2.24, 2.45) is 0 Å². The van der Waals surface area contributed by atoms with Crippen LogP contribution in [0.3, 0.4) is 0 Å². The first kappa shape index (κ1) is 16.7. The summed E-state index contributed by atoms with van der Waals surface area (Å²) in [6.45, 7) is 1.63. The van der Waals surface area contributed by atoms with E-state index in [9.17, 15) is 20.0 Å². The van der Waals surface area contributed by atoms with Gasteiger partial charge in [0.15, 0.2) is 0 Å². The normalized spacial score (nSPS) is 22.7. The van der Waals surface area contributed by atoms with Crippen molar-refractivity contribution in [3.8, 4) is 6.07 Å². The highest BCUT2D eigenvalue weighted by Gasteiger charge is 2.35. The smallest absolute Gasteiger partial charge is 0.228 e. The van der Waals surface area contributed by atoms with E-state index in [0.29, 0.717) is 17.8 Å². The third-order valence-electron chi connectivity index (χ3n) is 4.12. The van der Waals surface area contributed by atoms with E-state index in [-0.39, 0.29) is 35.5 Å². The third kappa shape index (κ3) is 2.77. The fourth-order valence-electron chi connectivity index (χ4n) is 3.02. The van der Waals surface area contributed by atoms with Crippen LogP contribution < -0.4 is 4.90 Å². The van der Waals surface area contributed by atoms with E-state index >= 15 is 0 Å². The molecule has 7 nitrogen and oxygen atoms in total. The number of hydrogen-bond donors (Lipinski definition) is 1. The molecule has 1 N–H and O–H groups in total. The number of anilines is 1. The summed E-state index contributed by atoms with van der Waals surface area (Å²) in [7, 11) is 1.73. The number of carbonyl (C=O) groups excluding carboxylic acids is 2. The van der Waals surface area contributed by atoms with Gasteiger partial charge in [0.1, 0.15) is 17.7 Å². The number of Topliss-reactive ketones (excluding diaryl/α,β-unsaturated/α-hetero) is 1. The van der Waals surface area contributed by atoms with Gasteiger partial charge in [-0.2, -0.15) is 5.26 Å². The van der Waals surface area contributed by atoms with Crippen LogP contribution in [0, 0.1) is 11.3 Å². The minimum Gasteiger partial charge on any atom is -0.470 e. The Labute approximate surface area is 145 Å². The number of benzene rings is 1. The quantitative estimate of drug-likeness (QED) is 0.642. The van der Waals surface area contributed by atoms with Gasteiger partial charge in [0, 0.05) is 19.5 Å². The van der Waals surface area contributed by atoms with E-state index in [2.05, 4.69) is 0 Å². The van der Waals surface area contributed by atoms with Gasteiger partial charge in [0.25, 0.3) is 0 Å². The molecule has 1 saturated heterocycles. The minimum atomic E-state index is -0.429. The summed E-state index contributed by atoms with van der Waals surface area (Å²) in [5, 5.41) is 18.8. The zero-order chi connectivity index (χ0) is 18.1. The summed E-state index contributed by atoms with van der Waals surface area (Å²) in [5.74, 6) is -0.361. The Morgan fingerprint density at radius 2 is 2.20 bits per heavy atom.